The van der Waals surface area contributed by atoms with E-state index in [1.54, 1.807) is 7.11 Å². The van der Waals surface area contributed by atoms with Gasteiger partial charge < -0.3 is 15.0 Å². The normalized spacial score (nSPS) is 11.6. The molecule has 0 aliphatic rings. The first-order chi connectivity index (χ1) is 9.83. The van der Waals surface area contributed by atoms with Crippen molar-refractivity contribution in [1.82, 2.24) is 10.3 Å². The van der Waals surface area contributed by atoms with Crippen LogP contribution in [0.1, 0.15) is 11.1 Å². The molecule has 0 spiro atoms. The average molecular weight is 315 g/mol. The molecule has 0 fully saturated rings. The maximum absolute atomic E-state index is 11.2. The number of nitrogens with one attached hydrogen (secondary N) is 1. The van der Waals surface area contributed by atoms with E-state index < -0.39 is 9.84 Å². The van der Waals surface area contributed by atoms with Crippen LogP contribution in [0.25, 0.3) is 0 Å². The second-order valence-electron chi connectivity index (χ2n) is 5.21. The van der Waals surface area contributed by atoms with Crippen molar-refractivity contribution in [2.45, 2.75) is 13.5 Å². The van der Waals surface area contributed by atoms with E-state index in [0.717, 1.165) is 30.0 Å². The summed E-state index contributed by atoms with van der Waals surface area (Å²) in [6.07, 6.45) is 3.06. The first-order valence-corrected chi connectivity index (χ1v) is 8.93. The van der Waals surface area contributed by atoms with Crippen molar-refractivity contribution in [2.24, 2.45) is 0 Å². The smallest absolute Gasteiger partial charge is 0.149 e. The van der Waals surface area contributed by atoms with Crippen molar-refractivity contribution in [1.29, 1.82) is 0 Å². The highest BCUT2D eigenvalue weighted by Crippen LogP contribution is 2.16. The number of ether oxygens (including phenoxy) is 1. The van der Waals surface area contributed by atoms with Crippen molar-refractivity contribution in [3.05, 3.63) is 23.4 Å². The van der Waals surface area contributed by atoms with Crippen LogP contribution >= 0.6 is 0 Å². The third-order valence-electron chi connectivity index (χ3n) is 3.08. The zero-order valence-electron chi connectivity index (χ0n) is 13.2. The van der Waals surface area contributed by atoms with E-state index in [1.165, 1.54) is 6.26 Å². The highest BCUT2D eigenvalue weighted by molar-refractivity contribution is 7.90. The second kappa shape index (κ2) is 8.31. The molecule has 1 aromatic rings. The molecule has 0 radical (unpaired) electrons. The van der Waals surface area contributed by atoms with Crippen molar-refractivity contribution >= 4 is 15.7 Å². The molecule has 0 unspecified atom stereocenters. The van der Waals surface area contributed by atoms with Gasteiger partial charge in [0.2, 0.25) is 0 Å². The molecule has 6 nitrogen and oxygen atoms in total. The highest BCUT2D eigenvalue weighted by Gasteiger charge is 2.10. The van der Waals surface area contributed by atoms with Crippen molar-refractivity contribution < 1.29 is 13.2 Å². The lowest BCUT2D eigenvalue weighted by atomic mass is 10.2. The van der Waals surface area contributed by atoms with Crippen LogP contribution in [0, 0.1) is 6.92 Å². The summed E-state index contributed by atoms with van der Waals surface area (Å²) in [5, 5.41) is 3.27. The first kappa shape index (κ1) is 17.9. The van der Waals surface area contributed by atoms with Gasteiger partial charge in [-0.05, 0) is 24.1 Å². The first-order valence-electron chi connectivity index (χ1n) is 6.87. The fraction of sp³-hybridized carbons (Fsp3) is 0.643. The summed E-state index contributed by atoms with van der Waals surface area (Å²) in [5.41, 5.74) is 2.14. The maximum atomic E-state index is 11.2. The van der Waals surface area contributed by atoms with Crippen molar-refractivity contribution in [3.63, 3.8) is 0 Å². The highest BCUT2D eigenvalue weighted by atomic mass is 32.2. The van der Waals surface area contributed by atoms with Gasteiger partial charge in [0, 0.05) is 46.2 Å². The molecule has 1 N–H and O–H groups in total. The van der Waals surface area contributed by atoms with E-state index in [9.17, 15) is 8.42 Å². The number of hydrogen-bond donors (Lipinski definition) is 1. The van der Waals surface area contributed by atoms with Crippen LogP contribution in [0.2, 0.25) is 0 Å². The van der Waals surface area contributed by atoms with Gasteiger partial charge in [0.05, 0.1) is 12.4 Å². The molecule has 120 valence electrons. The molecule has 0 amide bonds. The Morgan fingerprint density at radius 1 is 1.43 bits per heavy atom. The summed E-state index contributed by atoms with van der Waals surface area (Å²) >= 11 is 0. The Labute approximate surface area is 127 Å². The molecular formula is C14H25N3O3S. The van der Waals surface area contributed by atoms with Gasteiger partial charge in [-0.2, -0.15) is 0 Å². The molecule has 0 aromatic carbocycles. The summed E-state index contributed by atoms with van der Waals surface area (Å²) < 4.78 is 27.4. The van der Waals surface area contributed by atoms with Gasteiger partial charge in [0.25, 0.3) is 0 Å². The number of pyridine rings is 1. The van der Waals surface area contributed by atoms with Gasteiger partial charge in [0.1, 0.15) is 15.7 Å². The van der Waals surface area contributed by atoms with E-state index in [2.05, 4.69) is 16.4 Å². The van der Waals surface area contributed by atoms with Crippen LogP contribution in [0.5, 0.6) is 0 Å². The summed E-state index contributed by atoms with van der Waals surface area (Å²) in [7, 11) is 0.576. The van der Waals surface area contributed by atoms with E-state index in [4.69, 9.17) is 4.74 Å². The van der Waals surface area contributed by atoms with Gasteiger partial charge in [-0.3, -0.25) is 0 Å². The van der Waals surface area contributed by atoms with Crippen LogP contribution in [0.4, 0.5) is 5.82 Å². The number of sulfone groups is 1. The fourth-order valence-corrected chi connectivity index (χ4v) is 2.54. The molecule has 0 atom stereocenters. The Kier molecular flexibility index (Phi) is 7.07. The Balaban J connectivity index is 2.60. The summed E-state index contributed by atoms with van der Waals surface area (Å²) in [5.74, 6) is 0.949. The van der Waals surface area contributed by atoms with E-state index in [1.807, 2.05) is 25.1 Å². The molecule has 0 saturated heterocycles. The number of nitrogens with zero attached hydrogens (tertiary/aromatic N) is 2. The third kappa shape index (κ3) is 6.88. The van der Waals surface area contributed by atoms with Crippen LogP contribution in [-0.4, -0.2) is 59.3 Å². The molecule has 0 aliphatic heterocycles. The number of aryl methyl sites for hydroxylation is 1. The summed E-state index contributed by atoms with van der Waals surface area (Å²) in [6.45, 7) is 4.64. The largest absolute Gasteiger partial charge is 0.383 e. The minimum absolute atomic E-state index is 0.130. The van der Waals surface area contributed by atoms with Gasteiger partial charge in [0.15, 0.2) is 0 Å². The zero-order chi connectivity index (χ0) is 15.9. The Hall–Kier alpha value is -1.18. The topological polar surface area (TPSA) is 71.5 Å². The quantitative estimate of drug-likeness (QED) is 0.673. The Morgan fingerprint density at radius 2 is 2.14 bits per heavy atom. The standard InChI is InChI=1S/C14H25N3O3S/c1-12-9-13(10-15-5-7-20-3)11-16-14(12)17(2)6-8-21(4,18)19/h9,11,15H,5-8,10H2,1-4H3. The average Bonchev–Trinajstić information content (AvgIpc) is 2.40. The minimum atomic E-state index is -2.96. The maximum Gasteiger partial charge on any atom is 0.149 e. The molecule has 21 heavy (non-hydrogen) atoms. The second-order valence-corrected chi connectivity index (χ2v) is 7.46. The number of rotatable bonds is 9. The lowest BCUT2D eigenvalue weighted by Crippen LogP contribution is -2.26. The number of anilines is 1. The zero-order valence-corrected chi connectivity index (χ0v) is 14.0. The van der Waals surface area contributed by atoms with Crippen LogP contribution in [0.3, 0.4) is 0 Å². The monoisotopic (exact) mass is 315 g/mol. The van der Waals surface area contributed by atoms with Crippen molar-refractivity contribution in [2.75, 3.05) is 50.8 Å². The van der Waals surface area contributed by atoms with E-state index in [-0.39, 0.29) is 5.75 Å². The predicted molar refractivity (Wildman–Crippen MR) is 85.5 cm³/mol. The van der Waals surface area contributed by atoms with E-state index >= 15 is 0 Å². The minimum Gasteiger partial charge on any atom is -0.383 e. The fourth-order valence-electron chi connectivity index (χ4n) is 1.94. The van der Waals surface area contributed by atoms with Gasteiger partial charge in [-0.1, -0.05) is 0 Å². The van der Waals surface area contributed by atoms with Gasteiger partial charge in [-0.15, -0.1) is 0 Å². The van der Waals surface area contributed by atoms with E-state index in [0.29, 0.717) is 13.2 Å². The number of hydrogen-bond acceptors (Lipinski definition) is 6. The third-order valence-corrected chi connectivity index (χ3v) is 4.00. The lowest BCUT2D eigenvalue weighted by Gasteiger charge is -2.20. The molecule has 0 bridgehead atoms. The molecule has 0 aliphatic carbocycles. The molecular weight excluding hydrogens is 290 g/mol. The van der Waals surface area contributed by atoms with Gasteiger partial charge >= 0.3 is 0 Å². The number of aromatic nitrogens is 1. The SMILES string of the molecule is COCCNCc1cnc(N(C)CCS(C)(=O)=O)c(C)c1. The predicted octanol–water partition coefficient (Wildman–Crippen LogP) is 0.607. The lowest BCUT2D eigenvalue weighted by molar-refractivity contribution is 0.199. The molecule has 7 heteroatoms. The Morgan fingerprint density at radius 3 is 2.71 bits per heavy atom. The van der Waals surface area contributed by atoms with Crippen LogP contribution < -0.4 is 10.2 Å². The molecule has 0 saturated carbocycles. The van der Waals surface area contributed by atoms with Gasteiger partial charge in [-0.25, -0.2) is 13.4 Å². The van der Waals surface area contributed by atoms with Crippen molar-refractivity contribution in [3.8, 4) is 0 Å². The summed E-state index contributed by atoms with van der Waals surface area (Å²) in [4.78, 5) is 6.31. The number of methoxy groups -OCH3 is 1. The summed E-state index contributed by atoms with van der Waals surface area (Å²) in [6, 6.07) is 2.07. The molecule has 1 heterocycles. The Bertz CT molecular complexity index is 546. The van der Waals surface area contributed by atoms with Crippen LogP contribution in [0.15, 0.2) is 12.3 Å². The molecule has 1 aromatic heterocycles. The van der Waals surface area contributed by atoms with Crippen LogP contribution in [-0.2, 0) is 21.1 Å². The molecule has 1 rings (SSSR count).